The van der Waals surface area contributed by atoms with Crippen molar-refractivity contribution < 1.29 is 18.7 Å². The molecule has 3 heterocycles. The summed E-state index contributed by atoms with van der Waals surface area (Å²) >= 11 is 1.23. The number of thioether (sulfide) groups is 1. The van der Waals surface area contributed by atoms with Gasteiger partial charge >= 0.3 is 5.97 Å². The minimum Gasteiger partial charge on any atom is -0.461 e. The van der Waals surface area contributed by atoms with Crippen molar-refractivity contribution in [3.8, 4) is 11.6 Å². The number of esters is 1. The Morgan fingerprint density at radius 1 is 1.29 bits per heavy atom. The maximum atomic E-state index is 12.3. The highest BCUT2D eigenvalue weighted by Crippen LogP contribution is 2.24. The molecule has 8 nitrogen and oxygen atoms in total. The van der Waals surface area contributed by atoms with Crippen LogP contribution in [0.5, 0.6) is 0 Å². The van der Waals surface area contributed by atoms with Gasteiger partial charge in [0.2, 0.25) is 0 Å². The Morgan fingerprint density at radius 3 is 2.68 bits per heavy atom. The number of nitrogens with zero attached hydrogens (tertiary/aromatic N) is 4. The Labute approximate surface area is 168 Å². The molecular formula is C19H26N4O4S. The molecule has 0 spiro atoms. The van der Waals surface area contributed by atoms with Crippen molar-refractivity contribution >= 4 is 23.6 Å². The highest BCUT2D eigenvalue weighted by atomic mass is 32.2. The van der Waals surface area contributed by atoms with Crippen molar-refractivity contribution in [2.75, 3.05) is 25.4 Å². The first-order valence-electron chi connectivity index (χ1n) is 9.51. The lowest BCUT2D eigenvalue weighted by atomic mass is 9.92. The fourth-order valence-electron chi connectivity index (χ4n) is 3.53. The summed E-state index contributed by atoms with van der Waals surface area (Å²) in [6, 6.07) is 3.60. The third-order valence-corrected chi connectivity index (χ3v) is 5.61. The zero-order chi connectivity index (χ0) is 20.1. The maximum absolute atomic E-state index is 12.3. The van der Waals surface area contributed by atoms with Gasteiger partial charge in [0.1, 0.15) is 0 Å². The van der Waals surface area contributed by atoms with Crippen LogP contribution in [0.15, 0.2) is 28.0 Å². The largest absolute Gasteiger partial charge is 0.461 e. The predicted octanol–water partition coefficient (Wildman–Crippen LogP) is 2.70. The van der Waals surface area contributed by atoms with Gasteiger partial charge in [-0.15, -0.1) is 10.2 Å². The van der Waals surface area contributed by atoms with Crippen LogP contribution in [0.4, 0.5) is 0 Å². The van der Waals surface area contributed by atoms with E-state index in [0.29, 0.717) is 35.1 Å². The molecule has 0 aliphatic carbocycles. The van der Waals surface area contributed by atoms with Crippen LogP contribution >= 0.6 is 11.8 Å². The first-order chi connectivity index (χ1) is 13.5. The van der Waals surface area contributed by atoms with E-state index in [-0.39, 0.29) is 18.3 Å². The van der Waals surface area contributed by atoms with E-state index >= 15 is 0 Å². The molecule has 0 aromatic carbocycles. The fraction of sp³-hybridized carbons (Fsp3) is 0.579. The summed E-state index contributed by atoms with van der Waals surface area (Å²) in [5, 5.41) is 8.88. The molecule has 2 aromatic heterocycles. The molecule has 1 aliphatic rings. The van der Waals surface area contributed by atoms with Crippen LogP contribution < -0.4 is 0 Å². The number of ether oxygens (including phenoxy) is 1. The molecule has 0 unspecified atom stereocenters. The van der Waals surface area contributed by atoms with Gasteiger partial charge in [-0.3, -0.25) is 14.2 Å². The summed E-state index contributed by atoms with van der Waals surface area (Å²) < 4.78 is 12.4. The Balaban J connectivity index is 1.49. The van der Waals surface area contributed by atoms with Gasteiger partial charge in [-0.05, 0) is 37.3 Å². The molecule has 152 valence electrons. The number of furan rings is 1. The van der Waals surface area contributed by atoms with Gasteiger partial charge in [0.05, 0.1) is 12.0 Å². The topological polar surface area (TPSA) is 90.5 Å². The quantitative estimate of drug-likeness (QED) is 0.516. The summed E-state index contributed by atoms with van der Waals surface area (Å²) in [6.45, 7) is 8.13. The van der Waals surface area contributed by atoms with Gasteiger partial charge in [0, 0.05) is 19.6 Å². The van der Waals surface area contributed by atoms with Gasteiger partial charge in [0.15, 0.2) is 23.3 Å². The molecule has 2 aromatic rings. The van der Waals surface area contributed by atoms with Crippen LogP contribution in [-0.4, -0.2) is 57.0 Å². The number of hydrogen-bond donors (Lipinski definition) is 0. The molecule has 0 bridgehead atoms. The van der Waals surface area contributed by atoms with Gasteiger partial charge in [-0.1, -0.05) is 25.6 Å². The lowest BCUT2D eigenvalue weighted by molar-refractivity contribution is -0.151. The molecule has 2 atom stereocenters. The second kappa shape index (κ2) is 9.27. The second-order valence-electron chi connectivity index (χ2n) is 7.22. The molecule has 0 N–H and O–H groups in total. The highest BCUT2D eigenvalue weighted by molar-refractivity contribution is 7.99. The first kappa shape index (κ1) is 20.4. The van der Waals surface area contributed by atoms with Crippen LogP contribution in [0.3, 0.4) is 0 Å². The Morgan fingerprint density at radius 2 is 2.04 bits per heavy atom. The Kier molecular flexibility index (Phi) is 6.77. The zero-order valence-corrected chi connectivity index (χ0v) is 17.3. The van der Waals surface area contributed by atoms with Crippen molar-refractivity contribution in [3.63, 3.8) is 0 Å². The second-order valence-corrected chi connectivity index (χ2v) is 8.16. The summed E-state index contributed by atoms with van der Waals surface area (Å²) in [5.74, 6) is 1.68. The van der Waals surface area contributed by atoms with Gasteiger partial charge in [-0.25, -0.2) is 0 Å². The highest BCUT2D eigenvalue weighted by Gasteiger charge is 2.26. The third-order valence-electron chi connectivity index (χ3n) is 4.67. The molecule has 1 fully saturated rings. The lowest BCUT2D eigenvalue weighted by Gasteiger charge is -2.34. The minimum absolute atomic E-state index is 0.0658. The smallest absolute Gasteiger partial charge is 0.316 e. The van der Waals surface area contributed by atoms with E-state index in [2.05, 4.69) is 24.0 Å². The number of rotatable bonds is 7. The third kappa shape index (κ3) is 4.95. The van der Waals surface area contributed by atoms with Crippen LogP contribution in [0, 0.1) is 11.8 Å². The summed E-state index contributed by atoms with van der Waals surface area (Å²) in [4.78, 5) is 26.2. The number of amides is 1. The van der Waals surface area contributed by atoms with E-state index in [1.54, 1.807) is 17.2 Å². The number of aromatic nitrogens is 3. The van der Waals surface area contributed by atoms with Crippen molar-refractivity contribution in [2.45, 2.75) is 38.9 Å². The van der Waals surface area contributed by atoms with E-state index in [1.807, 2.05) is 17.6 Å². The van der Waals surface area contributed by atoms with E-state index in [0.717, 1.165) is 19.5 Å². The fourth-order valence-corrected chi connectivity index (χ4v) is 4.33. The first-order valence-corrected chi connectivity index (χ1v) is 10.5. The van der Waals surface area contributed by atoms with Crippen molar-refractivity contribution in [1.29, 1.82) is 0 Å². The van der Waals surface area contributed by atoms with E-state index in [1.165, 1.54) is 11.8 Å². The van der Waals surface area contributed by atoms with Crippen LogP contribution in [0.25, 0.3) is 11.6 Å². The Hall–Kier alpha value is -2.29. The van der Waals surface area contributed by atoms with Gasteiger partial charge in [0.25, 0.3) is 5.91 Å². The van der Waals surface area contributed by atoms with E-state index in [9.17, 15) is 9.59 Å². The molecule has 0 saturated carbocycles. The molecule has 3 rings (SSSR count). The standard InChI is InChI=1S/C19H26N4O4S/c1-4-23-18(15-6-5-7-26-15)20-21-19(23)28-12-17(25)27-11-16(24)22-9-13(2)8-14(3)10-22/h5-7,13-14H,4,8-12H2,1-3H3/t13-,14-/m0/s1. The monoisotopic (exact) mass is 406 g/mol. The molecule has 1 amide bonds. The van der Waals surface area contributed by atoms with E-state index < -0.39 is 5.97 Å². The average Bonchev–Trinajstić information content (AvgIpc) is 3.32. The molecule has 1 aliphatic heterocycles. The molecule has 0 radical (unpaired) electrons. The number of carbonyl (C=O) groups is 2. The predicted molar refractivity (Wildman–Crippen MR) is 105 cm³/mol. The number of hydrogen-bond acceptors (Lipinski definition) is 7. The van der Waals surface area contributed by atoms with Crippen molar-refractivity contribution in [1.82, 2.24) is 19.7 Å². The SMILES string of the molecule is CCn1c(SCC(=O)OCC(=O)N2C[C@@H](C)C[C@H](C)C2)nnc1-c1ccco1. The van der Waals surface area contributed by atoms with E-state index in [4.69, 9.17) is 9.15 Å². The van der Waals surface area contributed by atoms with Gasteiger partial charge in [-0.2, -0.15) is 0 Å². The van der Waals surface area contributed by atoms with Crippen molar-refractivity contribution in [3.05, 3.63) is 18.4 Å². The molecule has 9 heteroatoms. The maximum Gasteiger partial charge on any atom is 0.316 e. The number of likely N-dealkylation sites (tertiary alicyclic amines) is 1. The molecule has 28 heavy (non-hydrogen) atoms. The summed E-state index contributed by atoms with van der Waals surface area (Å²) in [7, 11) is 0. The summed E-state index contributed by atoms with van der Waals surface area (Å²) in [6.07, 6.45) is 2.70. The lowest BCUT2D eigenvalue weighted by Crippen LogP contribution is -2.44. The van der Waals surface area contributed by atoms with Crippen molar-refractivity contribution in [2.24, 2.45) is 11.8 Å². The van der Waals surface area contributed by atoms with Crippen LogP contribution in [-0.2, 0) is 20.9 Å². The normalized spacial score (nSPS) is 19.6. The zero-order valence-electron chi connectivity index (χ0n) is 16.5. The average molecular weight is 407 g/mol. The van der Waals surface area contributed by atoms with Crippen LogP contribution in [0.2, 0.25) is 0 Å². The number of piperidine rings is 1. The minimum atomic E-state index is -0.443. The summed E-state index contributed by atoms with van der Waals surface area (Å²) in [5.41, 5.74) is 0. The van der Waals surface area contributed by atoms with Gasteiger partial charge < -0.3 is 14.1 Å². The molecular weight excluding hydrogens is 380 g/mol. The number of carbonyl (C=O) groups excluding carboxylic acids is 2. The Bertz CT molecular complexity index is 795. The van der Waals surface area contributed by atoms with Crippen LogP contribution in [0.1, 0.15) is 27.2 Å². The molecule has 1 saturated heterocycles.